The summed E-state index contributed by atoms with van der Waals surface area (Å²) in [5.74, 6) is -3.70. The molecule has 0 aromatic carbocycles. The van der Waals surface area contributed by atoms with Gasteiger partial charge in [-0.2, -0.15) is 10.2 Å². The summed E-state index contributed by atoms with van der Waals surface area (Å²) in [6.07, 6.45) is 6.60. The first-order chi connectivity index (χ1) is 27.5. The number of carbonyl (C=O) groups excluding carboxylic acids is 5. The molecule has 0 saturated heterocycles. The highest BCUT2D eigenvalue weighted by atomic mass is 35.5. The summed E-state index contributed by atoms with van der Waals surface area (Å²) in [6, 6.07) is 0. The van der Waals surface area contributed by atoms with Crippen LogP contribution < -0.4 is 11.1 Å². The second-order valence-corrected chi connectivity index (χ2v) is 16.8. The van der Waals surface area contributed by atoms with Gasteiger partial charge in [-0.05, 0) is 68.2 Å². The summed E-state index contributed by atoms with van der Waals surface area (Å²) in [7, 11) is 0. The summed E-state index contributed by atoms with van der Waals surface area (Å²) in [5.41, 5.74) is 5.24. The van der Waals surface area contributed by atoms with Crippen LogP contribution in [0.15, 0.2) is 37.7 Å². The van der Waals surface area contributed by atoms with Crippen LogP contribution >= 0.6 is 12.4 Å². The Hall–Kier alpha value is -5.43. The molecule has 4 heterocycles. The van der Waals surface area contributed by atoms with E-state index in [2.05, 4.69) is 38.9 Å². The van der Waals surface area contributed by atoms with Crippen LogP contribution in [-0.4, -0.2) is 120 Å². The van der Waals surface area contributed by atoms with Gasteiger partial charge in [-0.25, -0.2) is 14.4 Å². The van der Waals surface area contributed by atoms with E-state index in [1.54, 1.807) is 79.9 Å². The molecular formula is C40H59ClN8O11. The summed E-state index contributed by atoms with van der Waals surface area (Å²) < 4.78 is 20.7. The van der Waals surface area contributed by atoms with Gasteiger partial charge in [0.15, 0.2) is 0 Å². The number of H-pyrrole nitrogens is 2. The molecule has 20 heteroatoms. The van der Waals surface area contributed by atoms with Crippen molar-refractivity contribution in [2.75, 3.05) is 26.3 Å². The quantitative estimate of drug-likeness (QED) is 0.135. The minimum atomic E-state index is -1.09. The average Bonchev–Trinajstić information content (AvgIpc) is 3.84. The molecule has 2 aromatic rings. The molecule has 2 aromatic heterocycles. The molecule has 2 fully saturated rings. The van der Waals surface area contributed by atoms with Gasteiger partial charge in [-0.1, -0.05) is 12.2 Å². The lowest BCUT2D eigenvalue weighted by atomic mass is 9.95. The monoisotopic (exact) mass is 862 g/mol. The van der Waals surface area contributed by atoms with Gasteiger partial charge in [0, 0.05) is 36.1 Å². The van der Waals surface area contributed by atoms with Crippen LogP contribution in [0.3, 0.4) is 0 Å². The minimum Gasteiger partial charge on any atom is -0.481 e. The van der Waals surface area contributed by atoms with Gasteiger partial charge < -0.3 is 44.9 Å². The first kappa shape index (κ1) is 48.9. The van der Waals surface area contributed by atoms with E-state index in [0.29, 0.717) is 49.5 Å². The number of ether oxygens (including phenoxy) is 4. The maximum Gasteiger partial charge on any atom is 0.410 e. The molecule has 6 atom stereocenters. The SMILES string of the molecule is C=C[C@@H]1C[C@]1(N)C(=O)OCC.C=C[C@@H]1C[C@]1(NC(=O)C1CN(C(=O)OC(C)(C)C)Cc2cn[nH]c21)C(=O)OCC.CC(C)(C)OC(=O)N1Cc2cn[nH]c2C(C(=O)O)C1.Cl. The summed E-state index contributed by atoms with van der Waals surface area (Å²) in [5, 5.41) is 25.5. The van der Waals surface area contributed by atoms with E-state index in [4.69, 9.17) is 24.7 Å². The predicted octanol–water partition coefficient (Wildman–Crippen LogP) is 4.07. The van der Waals surface area contributed by atoms with Crippen LogP contribution in [-0.2, 0) is 51.2 Å². The Kier molecular flexibility index (Phi) is 15.7. The number of carbonyl (C=O) groups is 6. The Bertz CT molecular complexity index is 1920. The first-order valence-electron chi connectivity index (χ1n) is 19.5. The molecule has 4 aliphatic rings. The van der Waals surface area contributed by atoms with E-state index in [9.17, 15) is 33.9 Å². The zero-order valence-corrected chi connectivity index (χ0v) is 36.3. The predicted molar refractivity (Wildman–Crippen MR) is 218 cm³/mol. The van der Waals surface area contributed by atoms with Crippen molar-refractivity contribution in [2.45, 2.75) is 115 Å². The molecule has 60 heavy (non-hydrogen) atoms. The number of rotatable bonds is 9. The van der Waals surface area contributed by atoms with Crippen molar-refractivity contribution in [1.29, 1.82) is 0 Å². The molecule has 0 bridgehead atoms. The fraction of sp³-hybridized carbons (Fsp3) is 0.600. The fourth-order valence-electron chi connectivity index (χ4n) is 6.68. The zero-order valence-electron chi connectivity index (χ0n) is 35.5. The van der Waals surface area contributed by atoms with Crippen molar-refractivity contribution in [2.24, 2.45) is 17.6 Å². The van der Waals surface area contributed by atoms with Gasteiger partial charge in [0.05, 0.1) is 56.0 Å². The lowest BCUT2D eigenvalue weighted by Gasteiger charge is -2.33. The second-order valence-electron chi connectivity index (χ2n) is 16.8. The highest BCUT2D eigenvalue weighted by molar-refractivity contribution is 5.94. The van der Waals surface area contributed by atoms with Crippen LogP contribution in [0, 0.1) is 11.8 Å². The van der Waals surface area contributed by atoms with Gasteiger partial charge in [0.1, 0.15) is 28.2 Å². The number of carboxylic acid groups (broad SMARTS) is 1. The maximum absolute atomic E-state index is 13.2. The van der Waals surface area contributed by atoms with E-state index in [-0.39, 0.29) is 55.8 Å². The molecular weight excluding hydrogens is 804 g/mol. The Labute approximate surface area is 355 Å². The molecule has 332 valence electrons. The van der Waals surface area contributed by atoms with E-state index >= 15 is 0 Å². The van der Waals surface area contributed by atoms with E-state index in [1.807, 2.05) is 0 Å². The standard InChI is InChI=1S/C20H28N4O5.C12H17N3O4.C8H13NO2.ClH/c1-6-13-8-20(13,17(26)28-7-2)22-16(25)14-11-24(18(27)29-19(3,4)5)10-12-9-21-23-15(12)14;1-12(2,3)19-11(18)15-5-7-4-13-14-9(7)8(6-15)10(16)17;1-3-6-5-8(6,9)7(10)11-4-2;/h6,9,13-14H,1,7-8,10-11H2,2-5H3,(H,21,23)(H,22,25);4,8H,5-6H2,1-3H3,(H,13,14)(H,16,17);3,6H,1,4-5,9H2,2H3;1H/t13-,14?,20-;;6-,8-;/m1.1./s1. The third-order valence-corrected chi connectivity index (χ3v) is 9.93. The Morgan fingerprint density at radius 1 is 0.817 bits per heavy atom. The maximum atomic E-state index is 13.2. The van der Waals surface area contributed by atoms with Gasteiger partial charge >= 0.3 is 30.1 Å². The van der Waals surface area contributed by atoms with Gasteiger partial charge in [0.25, 0.3) is 0 Å². The molecule has 3 amide bonds. The Morgan fingerprint density at radius 3 is 1.67 bits per heavy atom. The van der Waals surface area contributed by atoms with Crippen LogP contribution in [0.2, 0.25) is 0 Å². The molecule has 2 aliphatic heterocycles. The zero-order chi connectivity index (χ0) is 44.1. The molecule has 2 unspecified atom stereocenters. The lowest BCUT2D eigenvalue weighted by molar-refractivity contribution is -0.149. The number of carboxylic acids is 1. The number of aliphatic carboxylic acids is 1. The number of nitrogens with zero attached hydrogens (tertiary/aromatic N) is 4. The summed E-state index contributed by atoms with van der Waals surface area (Å²) in [4.78, 5) is 75.4. The van der Waals surface area contributed by atoms with Crippen molar-refractivity contribution < 1.29 is 52.8 Å². The van der Waals surface area contributed by atoms with Crippen molar-refractivity contribution in [3.8, 4) is 0 Å². The fourth-order valence-corrected chi connectivity index (χ4v) is 6.68. The first-order valence-corrected chi connectivity index (χ1v) is 19.5. The van der Waals surface area contributed by atoms with Gasteiger partial charge in [0.2, 0.25) is 5.91 Å². The molecule has 2 aliphatic carbocycles. The number of fused-ring (bicyclic) bond motifs is 2. The highest BCUT2D eigenvalue weighted by Crippen LogP contribution is 2.46. The van der Waals surface area contributed by atoms with Crippen molar-refractivity contribution in [3.05, 3.63) is 60.2 Å². The van der Waals surface area contributed by atoms with Crippen LogP contribution in [0.4, 0.5) is 9.59 Å². The van der Waals surface area contributed by atoms with E-state index < -0.39 is 58.2 Å². The Balaban J connectivity index is 0.000000265. The largest absolute Gasteiger partial charge is 0.481 e. The smallest absolute Gasteiger partial charge is 0.410 e. The molecule has 2 saturated carbocycles. The number of halogens is 1. The molecule has 6 rings (SSSR count). The molecule has 0 spiro atoms. The van der Waals surface area contributed by atoms with Crippen molar-refractivity contribution >= 4 is 48.4 Å². The molecule has 19 nitrogen and oxygen atoms in total. The van der Waals surface area contributed by atoms with Crippen LogP contribution in [0.5, 0.6) is 0 Å². The number of hydrogen-bond donors (Lipinski definition) is 5. The Morgan fingerprint density at radius 2 is 1.27 bits per heavy atom. The number of hydrogen-bond acceptors (Lipinski definition) is 13. The number of esters is 2. The normalized spacial score (nSPS) is 24.7. The van der Waals surface area contributed by atoms with Crippen molar-refractivity contribution in [3.63, 3.8) is 0 Å². The second kappa shape index (κ2) is 19.3. The third-order valence-electron chi connectivity index (χ3n) is 9.93. The average molecular weight is 863 g/mol. The van der Waals surface area contributed by atoms with E-state index in [1.165, 1.54) is 9.80 Å². The lowest BCUT2D eigenvalue weighted by Crippen LogP contribution is -2.51. The van der Waals surface area contributed by atoms with E-state index in [0.717, 1.165) is 5.56 Å². The van der Waals surface area contributed by atoms with Crippen LogP contribution in [0.1, 0.15) is 103 Å². The topological polar surface area (TPSA) is 261 Å². The highest BCUT2D eigenvalue weighted by Gasteiger charge is 2.61. The van der Waals surface area contributed by atoms with Gasteiger partial charge in [-0.15, -0.1) is 25.6 Å². The number of amides is 3. The number of aromatic amines is 2. The molecule has 6 N–H and O–H groups in total. The van der Waals surface area contributed by atoms with Gasteiger partial charge in [-0.3, -0.25) is 24.6 Å². The third kappa shape index (κ3) is 11.6. The van der Waals surface area contributed by atoms with Crippen LogP contribution in [0.25, 0.3) is 0 Å². The summed E-state index contributed by atoms with van der Waals surface area (Å²) in [6.45, 7) is 22.9. The number of nitrogens with one attached hydrogen (secondary N) is 3. The molecule has 0 radical (unpaired) electrons. The minimum absolute atomic E-state index is 0. The number of nitrogens with two attached hydrogens (primary N) is 1. The van der Waals surface area contributed by atoms with Crippen molar-refractivity contribution in [1.82, 2.24) is 35.5 Å². The summed E-state index contributed by atoms with van der Waals surface area (Å²) >= 11 is 0. The number of aromatic nitrogens is 4.